The Balaban J connectivity index is 2.14. The molecule has 3 nitrogen and oxygen atoms in total. The molecule has 96 valence electrons. The van der Waals surface area contributed by atoms with Gasteiger partial charge >= 0.3 is 0 Å². The Hall–Kier alpha value is -1.85. The molecule has 0 saturated heterocycles. The lowest BCUT2D eigenvalue weighted by Gasteiger charge is -2.03. The van der Waals surface area contributed by atoms with E-state index in [9.17, 15) is 0 Å². The van der Waals surface area contributed by atoms with Gasteiger partial charge in [-0.3, -0.25) is 0 Å². The maximum absolute atomic E-state index is 5.87. The molecular weight excluding hydrogens is 276 g/mol. The number of thiazole rings is 1. The van der Waals surface area contributed by atoms with Crippen molar-refractivity contribution in [2.45, 2.75) is 0 Å². The lowest BCUT2D eigenvalue weighted by molar-refractivity contribution is 0.415. The average Bonchev–Trinajstić information content (AvgIpc) is 3.07. The standard InChI is InChI=1S/C14H12N2OS2/c1-17-10-5-2-4-9(8-10)12-13(19-14(15)16-12)11-6-3-7-18-11/h2-8H,1H3,(H2,15,16). The van der Waals surface area contributed by atoms with Crippen LogP contribution in [0.15, 0.2) is 41.8 Å². The second kappa shape index (κ2) is 5.03. The fourth-order valence-electron chi connectivity index (χ4n) is 1.88. The molecule has 1 aromatic carbocycles. The predicted octanol–water partition coefficient (Wildman–Crippen LogP) is 4.13. The Morgan fingerprint density at radius 2 is 2.11 bits per heavy atom. The number of ether oxygens (including phenoxy) is 1. The smallest absolute Gasteiger partial charge is 0.181 e. The topological polar surface area (TPSA) is 48.1 Å². The first-order valence-electron chi connectivity index (χ1n) is 5.72. The molecule has 0 amide bonds. The molecule has 2 N–H and O–H groups in total. The van der Waals surface area contributed by atoms with Crippen LogP contribution in [0.4, 0.5) is 5.13 Å². The number of thiophene rings is 1. The third kappa shape index (κ3) is 2.34. The average molecular weight is 288 g/mol. The highest BCUT2D eigenvalue weighted by Gasteiger charge is 2.14. The van der Waals surface area contributed by atoms with Gasteiger partial charge in [-0.05, 0) is 23.6 Å². The summed E-state index contributed by atoms with van der Waals surface area (Å²) >= 11 is 3.21. The van der Waals surface area contributed by atoms with E-state index >= 15 is 0 Å². The van der Waals surface area contributed by atoms with Gasteiger partial charge < -0.3 is 10.5 Å². The minimum Gasteiger partial charge on any atom is -0.497 e. The Kier molecular flexibility index (Phi) is 3.23. The fraction of sp³-hybridized carbons (Fsp3) is 0.0714. The zero-order valence-electron chi connectivity index (χ0n) is 10.3. The lowest BCUT2D eigenvalue weighted by Crippen LogP contribution is -1.86. The number of nitrogens with two attached hydrogens (primary N) is 1. The van der Waals surface area contributed by atoms with E-state index in [0.29, 0.717) is 5.13 Å². The summed E-state index contributed by atoms with van der Waals surface area (Å²) in [4.78, 5) is 6.76. The van der Waals surface area contributed by atoms with Gasteiger partial charge in [0.1, 0.15) is 5.75 Å². The number of hydrogen-bond acceptors (Lipinski definition) is 5. The molecule has 0 bridgehead atoms. The van der Waals surface area contributed by atoms with Gasteiger partial charge in [0.05, 0.1) is 17.7 Å². The first kappa shape index (κ1) is 12.2. The van der Waals surface area contributed by atoms with E-state index in [-0.39, 0.29) is 0 Å². The minimum atomic E-state index is 0.584. The third-order valence-corrected chi connectivity index (χ3v) is 4.67. The summed E-state index contributed by atoms with van der Waals surface area (Å²) in [6.07, 6.45) is 0. The summed E-state index contributed by atoms with van der Waals surface area (Å²) in [6.45, 7) is 0. The second-order valence-electron chi connectivity index (χ2n) is 3.94. The van der Waals surface area contributed by atoms with Crippen molar-refractivity contribution in [1.82, 2.24) is 4.98 Å². The van der Waals surface area contributed by atoms with Crippen molar-refractivity contribution in [3.63, 3.8) is 0 Å². The third-order valence-electron chi connectivity index (χ3n) is 2.73. The van der Waals surface area contributed by atoms with Gasteiger partial charge in [-0.25, -0.2) is 4.98 Å². The second-order valence-corrected chi connectivity index (χ2v) is 5.92. The van der Waals surface area contributed by atoms with E-state index < -0.39 is 0 Å². The van der Waals surface area contributed by atoms with Gasteiger partial charge in [-0.2, -0.15) is 0 Å². The quantitative estimate of drug-likeness (QED) is 0.788. The van der Waals surface area contributed by atoms with Crippen molar-refractivity contribution in [1.29, 1.82) is 0 Å². The van der Waals surface area contributed by atoms with Crippen LogP contribution >= 0.6 is 22.7 Å². The highest BCUT2D eigenvalue weighted by molar-refractivity contribution is 7.23. The Bertz CT molecular complexity index is 689. The molecule has 2 heterocycles. The first-order chi connectivity index (χ1) is 9.28. The van der Waals surface area contributed by atoms with E-state index in [1.165, 1.54) is 16.2 Å². The fourth-order valence-corrected chi connectivity index (χ4v) is 3.59. The SMILES string of the molecule is COc1cccc(-c2nc(N)sc2-c2cccs2)c1. The Morgan fingerprint density at radius 3 is 2.84 bits per heavy atom. The van der Waals surface area contributed by atoms with Crippen LogP contribution in [0.5, 0.6) is 5.75 Å². The first-order valence-corrected chi connectivity index (χ1v) is 7.42. The molecule has 3 aromatic rings. The Morgan fingerprint density at radius 1 is 1.21 bits per heavy atom. The molecule has 0 aliphatic rings. The largest absolute Gasteiger partial charge is 0.497 e. The van der Waals surface area contributed by atoms with Crippen LogP contribution in [0.25, 0.3) is 21.0 Å². The minimum absolute atomic E-state index is 0.584. The molecule has 0 unspecified atom stereocenters. The highest BCUT2D eigenvalue weighted by atomic mass is 32.1. The van der Waals surface area contributed by atoms with E-state index in [4.69, 9.17) is 10.5 Å². The van der Waals surface area contributed by atoms with Crippen LogP contribution in [0.1, 0.15) is 0 Å². The lowest BCUT2D eigenvalue weighted by atomic mass is 10.1. The summed E-state index contributed by atoms with van der Waals surface area (Å²) in [5, 5.41) is 2.64. The monoisotopic (exact) mass is 288 g/mol. The molecule has 0 saturated carbocycles. The van der Waals surface area contributed by atoms with Crippen molar-refractivity contribution >= 4 is 27.8 Å². The summed E-state index contributed by atoms with van der Waals surface area (Å²) < 4.78 is 5.26. The van der Waals surface area contributed by atoms with Gasteiger partial charge in [0, 0.05) is 10.4 Å². The molecule has 0 aliphatic carbocycles. The van der Waals surface area contributed by atoms with Crippen LogP contribution in [0.2, 0.25) is 0 Å². The molecule has 3 rings (SSSR count). The van der Waals surface area contributed by atoms with Crippen molar-refractivity contribution in [3.8, 4) is 26.8 Å². The summed E-state index contributed by atoms with van der Waals surface area (Å²) in [6, 6.07) is 12.0. The van der Waals surface area contributed by atoms with Crippen molar-refractivity contribution in [3.05, 3.63) is 41.8 Å². The molecule has 5 heteroatoms. The number of nitrogen functional groups attached to an aromatic ring is 1. The van der Waals surface area contributed by atoms with E-state index in [1.807, 2.05) is 30.3 Å². The number of aromatic nitrogens is 1. The van der Waals surface area contributed by atoms with E-state index in [1.54, 1.807) is 18.4 Å². The predicted molar refractivity (Wildman–Crippen MR) is 81.8 cm³/mol. The number of benzene rings is 1. The van der Waals surface area contributed by atoms with Crippen molar-refractivity contribution < 1.29 is 4.74 Å². The van der Waals surface area contributed by atoms with E-state index in [0.717, 1.165) is 21.9 Å². The molecule has 0 spiro atoms. The van der Waals surface area contributed by atoms with Gasteiger partial charge in [-0.1, -0.05) is 29.5 Å². The van der Waals surface area contributed by atoms with Crippen LogP contribution in [-0.4, -0.2) is 12.1 Å². The molecular formula is C14H12N2OS2. The summed E-state index contributed by atoms with van der Waals surface area (Å²) in [5.41, 5.74) is 7.82. The molecule has 0 atom stereocenters. The van der Waals surface area contributed by atoms with Crippen LogP contribution < -0.4 is 10.5 Å². The molecule has 2 aromatic heterocycles. The maximum Gasteiger partial charge on any atom is 0.181 e. The molecule has 0 radical (unpaired) electrons. The maximum atomic E-state index is 5.87. The van der Waals surface area contributed by atoms with Crippen LogP contribution in [0, 0.1) is 0 Å². The summed E-state index contributed by atoms with van der Waals surface area (Å²) in [7, 11) is 1.66. The number of methoxy groups -OCH3 is 1. The van der Waals surface area contributed by atoms with Gasteiger partial charge in [0.15, 0.2) is 5.13 Å². The van der Waals surface area contributed by atoms with Gasteiger partial charge in [0.2, 0.25) is 0 Å². The van der Waals surface area contributed by atoms with Crippen molar-refractivity contribution in [2.75, 3.05) is 12.8 Å². The van der Waals surface area contributed by atoms with Gasteiger partial charge in [0.25, 0.3) is 0 Å². The molecule has 0 fully saturated rings. The molecule has 19 heavy (non-hydrogen) atoms. The highest BCUT2D eigenvalue weighted by Crippen LogP contribution is 2.40. The van der Waals surface area contributed by atoms with Gasteiger partial charge in [-0.15, -0.1) is 11.3 Å². The van der Waals surface area contributed by atoms with Crippen LogP contribution in [0.3, 0.4) is 0 Å². The molecule has 0 aliphatic heterocycles. The summed E-state index contributed by atoms with van der Waals surface area (Å²) in [5.74, 6) is 0.821. The number of anilines is 1. The Labute approximate surface area is 119 Å². The van der Waals surface area contributed by atoms with Crippen molar-refractivity contribution in [2.24, 2.45) is 0 Å². The van der Waals surface area contributed by atoms with Crippen LogP contribution in [-0.2, 0) is 0 Å². The number of rotatable bonds is 3. The normalized spacial score (nSPS) is 10.6. The zero-order chi connectivity index (χ0) is 13.2. The number of nitrogens with zero attached hydrogens (tertiary/aromatic N) is 1. The zero-order valence-corrected chi connectivity index (χ0v) is 11.9. The number of hydrogen-bond donors (Lipinski definition) is 1. The van der Waals surface area contributed by atoms with E-state index in [2.05, 4.69) is 16.4 Å².